The highest BCUT2D eigenvalue weighted by molar-refractivity contribution is 7.89. The molecular weight excluding hydrogens is 314 g/mol. The third-order valence-electron chi connectivity index (χ3n) is 3.65. The molecule has 0 aromatic heterocycles. The summed E-state index contributed by atoms with van der Waals surface area (Å²) in [6, 6.07) is 3.91. The van der Waals surface area contributed by atoms with Crippen molar-refractivity contribution in [2.24, 2.45) is 10.9 Å². The normalized spacial score (nSPS) is 17.7. The van der Waals surface area contributed by atoms with Crippen LogP contribution in [0.5, 0.6) is 0 Å². The van der Waals surface area contributed by atoms with Crippen molar-refractivity contribution >= 4 is 33.2 Å². The number of hydrogen-bond acceptors (Lipinski definition) is 4. The lowest BCUT2D eigenvalue weighted by atomic mass is 9.94. The van der Waals surface area contributed by atoms with Crippen molar-refractivity contribution in [3.05, 3.63) is 23.2 Å². The molecule has 1 aromatic rings. The van der Waals surface area contributed by atoms with Crippen molar-refractivity contribution in [2.45, 2.75) is 42.5 Å². The number of primary sulfonamides is 1. The van der Waals surface area contributed by atoms with E-state index in [1.165, 1.54) is 18.2 Å². The molecule has 0 bridgehead atoms. The maximum Gasteiger partial charge on any atom is 0.238 e. The molecule has 0 spiro atoms. The number of carbonyl (C=O) groups excluding carboxylic acids is 1. The van der Waals surface area contributed by atoms with E-state index in [4.69, 9.17) is 22.5 Å². The minimum absolute atomic E-state index is 0.106. The lowest BCUT2D eigenvalue weighted by Crippen LogP contribution is -2.40. The van der Waals surface area contributed by atoms with E-state index in [0.29, 0.717) is 0 Å². The number of sulfonamides is 1. The van der Waals surface area contributed by atoms with Crippen LogP contribution in [0.3, 0.4) is 0 Å². The van der Waals surface area contributed by atoms with Crippen LogP contribution in [0.2, 0.25) is 5.02 Å². The Labute approximate surface area is 128 Å². The van der Waals surface area contributed by atoms with Crippen molar-refractivity contribution in [3.8, 4) is 0 Å². The van der Waals surface area contributed by atoms with Gasteiger partial charge in [-0.3, -0.25) is 4.79 Å². The molecule has 21 heavy (non-hydrogen) atoms. The van der Waals surface area contributed by atoms with Crippen LogP contribution in [-0.2, 0) is 14.8 Å². The van der Waals surface area contributed by atoms with Crippen LogP contribution < -0.4 is 16.2 Å². The van der Waals surface area contributed by atoms with E-state index < -0.39 is 15.6 Å². The molecule has 1 aliphatic rings. The zero-order valence-electron chi connectivity index (χ0n) is 11.4. The number of rotatable bonds is 4. The highest BCUT2D eigenvalue weighted by Gasteiger charge is 2.31. The Bertz CT molecular complexity index is 655. The quantitative estimate of drug-likeness (QED) is 0.776. The van der Waals surface area contributed by atoms with Crippen molar-refractivity contribution in [3.63, 3.8) is 0 Å². The van der Waals surface area contributed by atoms with Crippen LogP contribution in [-0.4, -0.2) is 19.9 Å². The van der Waals surface area contributed by atoms with E-state index in [2.05, 4.69) is 5.32 Å². The zero-order valence-corrected chi connectivity index (χ0v) is 13.0. The number of hydrogen-bond donors (Lipinski definition) is 3. The highest BCUT2D eigenvalue weighted by Crippen LogP contribution is 2.31. The number of nitrogens with one attached hydrogen (secondary N) is 1. The third kappa shape index (κ3) is 4.16. The first kappa shape index (κ1) is 16.2. The first-order valence-electron chi connectivity index (χ1n) is 6.61. The third-order valence-corrected chi connectivity index (χ3v) is 4.89. The Morgan fingerprint density at radius 2 is 1.95 bits per heavy atom. The second-order valence-electron chi connectivity index (χ2n) is 5.48. The zero-order chi connectivity index (χ0) is 15.7. The minimum Gasteiger partial charge on any atom is -0.325 e. The molecular formula is C13H18ClN3O3S. The molecule has 1 aromatic carbocycles. The average Bonchev–Trinajstić information content (AvgIpc) is 2.77. The Morgan fingerprint density at radius 1 is 1.33 bits per heavy atom. The first-order valence-corrected chi connectivity index (χ1v) is 8.53. The summed E-state index contributed by atoms with van der Waals surface area (Å²) in [7, 11) is -3.85. The van der Waals surface area contributed by atoms with Gasteiger partial charge >= 0.3 is 0 Å². The van der Waals surface area contributed by atoms with Gasteiger partial charge in [0.05, 0.1) is 15.6 Å². The summed E-state index contributed by atoms with van der Waals surface area (Å²) in [5, 5.41) is 7.90. The van der Waals surface area contributed by atoms with Crippen molar-refractivity contribution in [2.75, 3.05) is 5.32 Å². The summed E-state index contributed by atoms with van der Waals surface area (Å²) in [5.41, 5.74) is 5.88. The predicted octanol–water partition coefficient (Wildman–Crippen LogP) is 1.59. The van der Waals surface area contributed by atoms with E-state index in [-0.39, 0.29) is 27.9 Å². The van der Waals surface area contributed by atoms with Gasteiger partial charge < -0.3 is 11.1 Å². The van der Waals surface area contributed by atoms with E-state index >= 15 is 0 Å². The maximum absolute atomic E-state index is 12.1. The summed E-state index contributed by atoms with van der Waals surface area (Å²) in [6.45, 7) is 0. The Hall–Kier alpha value is -1.15. The molecule has 116 valence electrons. The summed E-state index contributed by atoms with van der Waals surface area (Å²) in [6.07, 6.45) is 3.84. The van der Waals surface area contributed by atoms with Crippen LogP contribution in [0.15, 0.2) is 23.1 Å². The van der Waals surface area contributed by atoms with E-state index in [1.54, 1.807) is 0 Å². The van der Waals surface area contributed by atoms with E-state index in [1.807, 2.05) is 0 Å². The lowest BCUT2D eigenvalue weighted by Gasteiger charge is -2.22. The van der Waals surface area contributed by atoms with Gasteiger partial charge in [0.1, 0.15) is 0 Å². The predicted molar refractivity (Wildman–Crippen MR) is 81.5 cm³/mol. The van der Waals surface area contributed by atoms with Gasteiger partial charge in [-0.25, -0.2) is 13.6 Å². The topological polar surface area (TPSA) is 115 Å². The van der Waals surface area contributed by atoms with E-state index in [9.17, 15) is 13.2 Å². The molecule has 0 aliphatic heterocycles. The summed E-state index contributed by atoms with van der Waals surface area (Å²) >= 11 is 5.96. The Kier molecular flexibility index (Phi) is 4.57. The molecule has 1 saturated carbocycles. The number of halogens is 1. The highest BCUT2D eigenvalue weighted by atomic mass is 35.5. The number of carbonyl (C=O) groups is 1. The average molecular weight is 332 g/mol. The molecule has 2 rings (SSSR count). The van der Waals surface area contributed by atoms with Crippen LogP contribution in [0.1, 0.15) is 32.1 Å². The Morgan fingerprint density at radius 3 is 2.52 bits per heavy atom. The fourth-order valence-corrected chi connectivity index (χ4v) is 3.25. The summed E-state index contributed by atoms with van der Waals surface area (Å²) in [4.78, 5) is 12.0. The molecule has 0 heterocycles. The van der Waals surface area contributed by atoms with Crippen molar-refractivity contribution < 1.29 is 13.2 Å². The molecule has 1 fully saturated rings. The lowest BCUT2D eigenvalue weighted by molar-refractivity contribution is -0.117. The maximum atomic E-state index is 12.1. The number of benzene rings is 1. The molecule has 0 saturated heterocycles. The number of nitrogens with two attached hydrogens (primary N) is 2. The summed E-state index contributed by atoms with van der Waals surface area (Å²) in [5.74, 6) is -0.284. The van der Waals surface area contributed by atoms with Crippen LogP contribution in [0.4, 0.5) is 5.69 Å². The molecule has 1 amide bonds. The minimum atomic E-state index is -3.85. The summed E-state index contributed by atoms with van der Waals surface area (Å²) < 4.78 is 22.6. The monoisotopic (exact) mass is 331 g/mol. The van der Waals surface area contributed by atoms with Crippen LogP contribution in [0.25, 0.3) is 0 Å². The molecule has 0 radical (unpaired) electrons. The fourth-order valence-electron chi connectivity index (χ4n) is 2.55. The van der Waals surface area contributed by atoms with Gasteiger partial charge in [0, 0.05) is 12.0 Å². The SMILES string of the molecule is NC1(CC(=O)Nc2cc(S(N)(=O)=O)ccc2Cl)CCCC1. The molecule has 0 atom stereocenters. The van der Waals surface area contributed by atoms with Crippen molar-refractivity contribution in [1.29, 1.82) is 0 Å². The second kappa shape index (κ2) is 5.92. The number of amides is 1. The molecule has 0 unspecified atom stereocenters. The number of anilines is 1. The van der Waals surface area contributed by atoms with Crippen molar-refractivity contribution in [1.82, 2.24) is 0 Å². The van der Waals surface area contributed by atoms with Gasteiger partial charge in [0.25, 0.3) is 0 Å². The van der Waals surface area contributed by atoms with Gasteiger partial charge in [0.15, 0.2) is 0 Å². The molecule has 1 aliphatic carbocycles. The van der Waals surface area contributed by atoms with Gasteiger partial charge in [0.2, 0.25) is 15.9 Å². The molecule has 5 N–H and O–H groups in total. The molecule has 6 nitrogen and oxygen atoms in total. The van der Waals surface area contributed by atoms with Gasteiger partial charge in [-0.2, -0.15) is 0 Å². The smallest absolute Gasteiger partial charge is 0.238 e. The van der Waals surface area contributed by atoms with Gasteiger partial charge in [-0.15, -0.1) is 0 Å². The standard InChI is InChI=1S/C13H18ClN3O3S/c14-10-4-3-9(21(16,19)20)7-11(10)17-12(18)8-13(15)5-1-2-6-13/h3-4,7H,1-2,5-6,8,15H2,(H,17,18)(H2,16,19,20). The largest absolute Gasteiger partial charge is 0.325 e. The van der Waals surface area contributed by atoms with Crippen LogP contribution >= 0.6 is 11.6 Å². The fraction of sp³-hybridized carbons (Fsp3) is 0.462. The van der Waals surface area contributed by atoms with Crippen LogP contribution in [0, 0.1) is 0 Å². The van der Waals surface area contributed by atoms with Gasteiger partial charge in [-0.1, -0.05) is 24.4 Å². The first-order chi connectivity index (χ1) is 9.70. The molecule has 8 heteroatoms. The Balaban J connectivity index is 2.13. The van der Waals surface area contributed by atoms with Gasteiger partial charge in [-0.05, 0) is 31.0 Å². The van der Waals surface area contributed by atoms with E-state index in [0.717, 1.165) is 25.7 Å². The second-order valence-corrected chi connectivity index (χ2v) is 7.45.